The van der Waals surface area contributed by atoms with Gasteiger partial charge in [0, 0.05) is 31.9 Å². The topological polar surface area (TPSA) is 50.0 Å². The first kappa shape index (κ1) is 15.7. The fourth-order valence-corrected chi connectivity index (χ4v) is 4.14. The third kappa shape index (κ3) is 1.97. The molecule has 5 aromatic rings. The molecule has 0 atom stereocenters. The predicted molar refractivity (Wildman–Crippen MR) is 108 cm³/mol. The van der Waals surface area contributed by atoms with Crippen LogP contribution in [0, 0.1) is 0 Å². The fraction of sp³-hybridized carbons (Fsp3) is 0.100. The van der Waals surface area contributed by atoms with Crippen molar-refractivity contribution in [2.45, 2.75) is 0 Å². The van der Waals surface area contributed by atoms with Crippen LogP contribution in [-0.4, -0.2) is 24.2 Å². The number of halogens is 2. The van der Waals surface area contributed by atoms with E-state index in [1.54, 1.807) is 14.2 Å². The maximum absolute atomic E-state index is 6.24. The van der Waals surface area contributed by atoms with Crippen LogP contribution in [0.2, 0.25) is 10.0 Å². The van der Waals surface area contributed by atoms with Gasteiger partial charge in [0.2, 0.25) is 0 Å². The number of aromatic amines is 2. The van der Waals surface area contributed by atoms with Gasteiger partial charge >= 0.3 is 0 Å². The molecule has 0 amide bonds. The number of hydrogen-bond acceptors (Lipinski definition) is 2. The smallest absolute Gasteiger partial charge is 0.171 e. The first-order valence-electron chi connectivity index (χ1n) is 8.08. The monoisotopic (exact) mass is 384 g/mol. The van der Waals surface area contributed by atoms with E-state index in [0.29, 0.717) is 21.5 Å². The summed E-state index contributed by atoms with van der Waals surface area (Å²) in [5, 5.41) is 5.19. The second-order valence-electron chi connectivity index (χ2n) is 6.20. The molecule has 2 aromatic heterocycles. The standard InChI is InChI=1S/C20H14Cl2N2O2/c1-25-19-15-11-7-9(21)3-5-13(11)23-17(15)18-16(20(19)26-2)12-8-10(22)4-6-14(12)24-18/h3-8,23-24H,1-2H3. The maximum Gasteiger partial charge on any atom is 0.171 e. The van der Waals surface area contributed by atoms with Gasteiger partial charge in [-0.1, -0.05) is 23.2 Å². The molecule has 26 heavy (non-hydrogen) atoms. The lowest BCUT2D eigenvalue weighted by Gasteiger charge is -2.11. The van der Waals surface area contributed by atoms with E-state index >= 15 is 0 Å². The molecular formula is C20H14Cl2N2O2. The van der Waals surface area contributed by atoms with Crippen LogP contribution in [0.5, 0.6) is 11.5 Å². The molecule has 0 aliphatic carbocycles. The van der Waals surface area contributed by atoms with Gasteiger partial charge in [0.15, 0.2) is 11.5 Å². The summed E-state index contributed by atoms with van der Waals surface area (Å²) < 4.78 is 11.6. The minimum absolute atomic E-state index is 0.669. The molecule has 130 valence electrons. The average molecular weight is 385 g/mol. The second-order valence-corrected chi connectivity index (χ2v) is 7.07. The van der Waals surface area contributed by atoms with Gasteiger partial charge < -0.3 is 19.4 Å². The molecule has 0 saturated heterocycles. The lowest BCUT2D eigenvalue weighted by atomic mass is 10.1. The number of ether oxygens (including phenoxy) is 2. The number of hydrogen-bond donors (Lipinski definition) is 2. The van der Waals surface area contributed by atoms with Crippen molar-refractivity contribution < 1.29 is 9.47 Å². The van der Waals surface area contributed by atoms with Crippen molar-refractivity contribution in [1.82, 2.24) is 9.97 Å². The van der Waals surface area contributed by atoms with Crippen LogP contribution in [0.15, 0.2) is 36.4 Å². The van der Waals surface area contributed by atoms with Gasteiger partial charge in [-0.2, -0.15) is 0 Å². The molecule has 0 aliphatic heterocycles. The Morgan fingerprint density at radius 1 is 0.692 bits per heavy atom. The SMILES string of the molecule is COc1c(OC)c2c3cc(Cl)ccc3[nH]c2c2[nH]c3ccc(Cl)cc3c12. The Morgan fingerprint density at radius 3 is 1.50 bits per heavy atom. The number of H-pyrrole nitrogens is 2. The van der Waals surface area contributed by atoms with Crippen molar-refractivity contribution in [2.75, 3.05) is 14.2 Å². The molecule has 0 fully saturated rings. The highest BCUT2D eigenvalue weighted by molar-refractivity contribution is 6.34. The number of rotatable bonds is 2. The minimum atomic E-state index is 0.669. The van der Waals surface area contributed by atoms with E-state index < -0.39 is 0 Å². The van der Waals surface area contributed by atoms with Gasteiger partial charge in [0.25, 0.3) is 0 Å². The first-order valence-corrected chi connectivity index (χ1v) is 8.83. The van der Waals surface area contributed by atoms with Crippen LogP contribution in [0.3, 0.4) is 0 Å². The Balaban J connectivity index is 2.13. The summed E-state index contributed by atoms with van der Waals surface area (Å²) in [5.74, 6) is 1.34. The molecule has 4 nitrogen and oxygen atoms in total. The van der Waals surface area contributed by atoms with Crippen molar-refractivity contribution in [1.29, 1.82) is 0 Å². The zero-order chi connectivity index (χ0) is 18.0. The van der Waals surface area contributed by atoms with Gasteiger partial charge in [-0.15, -0.1) is 0 Å². The highest BCUT2D eigenvalue weighted by Crippen LogP contribution is 2.48. The third-order valence-corrected chi connectivity index (χ3v) is 5.31. The molecule has 0 aliphatic rings. The molecule has 0 radical (unpaired) electrons. The highest BCUT2D eigenvalue weighted by atomic mass is 35.5. The van der Waals surface area contributed by atoms with Crippen LogP contribution >= 0.6 is 23.2 Å². The van der Waals surface area contributed by atoms with Crippen LogP contribution in [0.1, 0.15) is 0 Å². The molecule has 0 unspecified atom stereocenters. The van der Waals surface area contributed by atoms with E-state index in [0.717, 1.165) is 43.6 Å². The zero-order valence-electron chi connectivity index (χ0n) is 14.0. The second kappa shape index (κ2) is 5.47. The molecule has 3 aromatic carbocycles. The van der Waals surface area contributed by atoms with Gasteiger partial charge in [0.1, 0.15) is 0 Å². The number of fused-ring (bicyclic) bond motifs is 7. The Kier molecular flexibility index (Phi) is 3.30. The van der Waals surface area contributed by atoms with Gasteiger partial charge in [-0.25, -0.2) is 0 Å². The summed E-state index contributed by atoms with van der Waals surface area (Å²) in [5.41, 5.74) is 3.85. The van der Waals surface area contributed by atoms with E-state index in [9.17, 15) is 0 Å². The molecule has 0 spiro atoms. The van der Waals surface area contributed by atoms with E-state index in [2.05, 4.69) is 9.97 Å². The molecule has 2 N–H and O–H groups in total. The lowest BCUT2D eigenvalue weighted by molar-refractivity contribution is 0.362. The number of methoxy groups -OCH3 is 2. The molecular weight excluding hydrogens is 371 g/mol. The normalized spacial score (nSPS) is 11.8. The van der Waals surface area contributed by atoms with Crippen LogP contribution in [0.4, 0.5) is 0 Å². The summed E-state index contributed by atoms with van der Waals surface area (Å²) in [4.78, 5) is 6.98. The Labute approximate surface area is 158 Å². The average Bonchev–Trinajstić information content (AvgIpc) is 3.18. The fourth-order valence-electron chi connectivity index (χ4n) is 3.79. The van der Waals surface area contributed by atoms with Crippen molar-refractivity contribution in [3.05, 3.63) is 46.4 Å². The summed E-state index contributed by atoms with van der Waals surface area (Å²) in [7, 11) is 3.29. The van der Waals surface area contributed by atoms with Crippen molar-refractivity contribution in [3.8, 4) is 11.5 Å². The summed E-state index contributed by atoms with van der Waals surface area (Å²) in [6.45, 7) is 0. The van der Waals surface area contributed by atoms with Crippen molar-refractivity contribution in [2.24, 2.45) is 0 Å². The Bertz CT molecular complexity index is 1230. The van der Waals surface area contributed by atoms with E-state index in [1.807, 2.05) is 36.4 Å². The predicted octanol–water partition coefficient (Wildman–Crippen LogP) is 6.28. The van der Waals surface area contributed by atoms with Crippen molar-refractivity contribution in [3.63, 3.8) is 0 Å². The number of nitrogens with one attached hydrogen (secondary N) is 2. The molecule has 6 heteroatoms. The maximum atomic E-state index is 6.24. The van der Waals surface area contributed by atoms with Gasteiger partial charge in [-0.3, -0.25) is 0 Å². The van der Waals surface area contributed by atoms with Crippen LogP contribution in [-0.2, 0) is 0 Å². The minimum Gasteiger partial charge on any atom is -0.492 e. The van der Waals surface area contributed by atoms with E-state index in [1.165, 1.54) is 0 Å². The lowest BCUT2D eigenvalue weighted by Crippen LogP contribution is -1.92. The Hall–Kier alpha value is -2.56. The summed E-state index contributed by atoms with van der Waals surface area (Å²) >= 11 is 12.5. The number of aromatic nitrogens is 2. The first-order chi connectivity index (χ1) is 12.6. The third-order valence-electron chi connectivity index (χ3n) is 4.84. The summed E-state index contributed by atoms with van der Waals surface area (Å²) in [6, 6.07) is 11.5. The number of benzene rings is 3. The van der Waals surface area contributed by atoms with Gasteiger partial charge in [0.05, 0.1) is 36.0 Å². The van der Waals surface area contributed by atoms with Crippen molar-refractivity contribution >= 4 is 66.8 Å². The van der Waals surface area contributed by atoms with E-state index in [4.69, 9.17) is 32.7 Å². The molecule has 2 heterocycles. The quantitative estimate of drug-likeness (QED) is 0.376. The largest absolute Gasteiger partial charge is 0.492 e. The molecule has 5 rings (SSSR count). The van der Waals surface area contributed by atoms with Gasteiger partial charge in [-0.05, 0) is 36.4 Å². The van der Waals surface area contributed by atoms with E-state index in [-0.39, 0.29) is 0 Å². The van der Waals surface area contributed by atoms with Crippen LogP contribution in [0.25, 0.3) is 43.6 Å². The molecule has 0 saturated carbocycles. The van der Waals surface area contributed by atoms with Crippen LogP contribution < -0.4 is 9.47 Å². The molecule has 0 bridgehead atoms. The summed E-state index contributed by atoms with van der Waals surface area (Å²) in [6.07, 6.45) is 0. The zero-order valence-corrected chi connectivity index (χ0v) is 15.5. The highest BCUT2D eigenvalue weighted by Gasteiger charge is 2.23. The Morgan fingerprint density at radius 2 is 1.12 bits per heavy atom.